The Labute approximate surface area is 105 Å². The van der Waals surface area contributed by atoms with Crippen molar-refractivity contribution in [1.82, 2.24) is 0 Å². The smallest absolute Gasteiger partial charge is 0.161 e. The van der Waals surface area contributed by atoms with Gasteiger partial charge in [-0.15, -0.1) is 11.3 Å². The van der Waals surface area contributed by atoms with Crippen LogP contribution in [0.5, 0.6) is 11.5 Å². The van der Waals surface area contributed by atoms with Crippen LogP contribution in [-0.4, -0.2) is 14.2 Å². The molecular formula is C13H15NO2S. The summed E-state index contributed by atoms with van der Waals surface area (Å²) in [5, 5.41) is 0.826. The molecule has 0 spiro atoms. The molecular weight excluding hydrogens is 234 g/mol. The van der Waals surface area contributed by atoms with Crippen LogP contribution in [-0.2, 0) is 0 Å². The molecule has 90 valence electrons. The van der Waals surface area contributed by atoms with Crippen molar-refractivity contribution in [2.45, 2.75) is 6.92 Å². The Balaban J connectivity index is 2.50. The molecule has 0 radical (unpaired) electrons. The van der Waals surface area contributed by atoms with Crippen molar-refractivity contribution in [3.05, 3.63) is 29.1 Å². The monoisotopic (exact) mass is 249 g/mol. The van der Waals surface area contributed by atoms with Crippen LogP contribution in [0.4, 0.5) is 5.00 Å². The van der Waals surface area contributed by atoms with Gasteiger partial charge >= 0.3 is 0 Å². The molecule has 0 saturated carbocycles. The summed E-state index contributed by atoms with van der Waals surface area (Å²) in [4.78, 5) is 1.20. The average Bonchev–Trinajstić information content (AvgIpc) is 2.67. The van der Waals surface area contributed by atoms with Gasteiger partial charge in [-0.25, -0.2) is 0 Å². The Kier molecular flexibility index (Phi) is 3.24. The Morgan fingerprint density at radius 2 is 1.76 bits per heavy atom. The van der Waals surface area contributed by atoms with E-state index in [2.05, 4.69) is 6.92 Å². The molecule has 2 aromatic rings. The summed E-state index contributed by atoms with van der Waals surface area (Å²) in [5.74, 6) is 1.46. The quantitative estimate of drug-likeness (QED) is 0.907. The number of nitrogen functional groups attached to an aromatic ring is 1. The highest BCUT2D eigenvalue weighted by atomic mass is 32.1. The lowest BCUT2D eigenvalue weighted by Gasteiger charge is -2.09. The van der Waals surface area contributed by atoms with Crippen molar-refractivity contribution >= 4 is 16.3 Å². The van der Waals surface area contributed by atoms with Crippen LogP contribution in [0.1, 0.15) is 4.88 Å². The first-order valence-electron chi connectivity index (χ1n) is 5.24. The molecule has 0 atom stereocenters. The number of rotatable bonds is 3. The van der Waals surface area contributed by atoms with E-state index in [0.717, 1.165) is 27.6 Å². The van der Waals surface area contributed by atoms with Gasteiger partial charge in [0.25, 0.3) is 0 Å². The number of nitrogens with two attached hydrogens (primary N) is 1. The van der Waals surface area contributed by atoms with Crippen LogP contribution in [0.25, 0.3) is 11.1 Å². The first-order valence-corrected chi connectivity index (χ1v) is 6.05. The summed E-state index contributed by atoms with van der Waals surface area (Å²) in [6, 6.07) is 7.87. The first kappa shape index (κ1) is 11.8. The lowest BCUT2D eigenvalue weighted by molar-refractivity contribution is 0.355. The maximum atomic E-state index is 5.81. The summed E-state index contributed by atoms with van der Waals surface area (Å²) < 4.78 is 10.5. The largest absolute Gasteiger partial charge is 0.493 e. The molecule has 0 aliphatic carbocycles. The minimum atomic E-state index is 0.731. The zero-order valence-electron chi connectivity index (χ0n) is 10.1. The predicted molar refractivity (Wildman–Crippen MR) is 72.0 cm³/mol. The number of aryl methyl sites for hydroxylation is 1. The minimum absolute atomic E-state index is 0.731. The van der Waals surface area contributed by atoms with Gasteiger partial charge in [0.1, 0.15) is 0 Å². The van der Waals surface area contributed by atoms with Gasteiger partial charge in [-0.05, 0) is 36.2 Å². The number of anilines is 1. The lowest BCUT2D eigenvalue weighted by Crippen LogP contribution is -1.90. The summed E-state index contributed by atoms with van der Waals surface area (Å²) >= 11 is 1.59. The van der Waals surface area contributed by atoms with E-state index in [1.807, 2.05) is 24.3 Å². The van der Waals surface area contributed by atoms with Crippen molar-refractivity contribution in [3.8, 4) is 22.6 Å². The number of thiophene rings is 1. The Morgan fingerprint density at radius 3 is 2.29 bits per heavy atom. The molecule has 3 nitrogen and oxygen atoms in total. The fourth-order valence-corrected chi connectivity index (χ4v) is 2.61. The standard InChI is InChI=1S/C13H15NO2S/c1-8-10(7-13(14)17-8)9-4-5-11(15-2)12(6-9)16-3/h4-7H,14H2,1-3H3. The average molecular weight is 249 g/mol. The van der Waals surface area contributed by atoms with Crippen molar-refractivity contribution in [3.63, 3.8) is 0 Å². The number of benzene rings is 1. The van der Waals surface area contributed by atoms with Gasteiger partial charge in [-0.1, -0.05) is 6.07 Å². The lowest BCUT2D eigenvalue weighted by atomic mass is 10.1. The number of ether oxygens (including phenoxy) is 2. The normalized spacial score (nSPS) is 10.3. The Hall–Kier alpha value is -1.68. The molecule has 1 heterocycles. The van der Waals surface area contributed by atoms with E-state index >= 15 is 0 Å². The number of methoxy groups -OCH3 is 2. The summed E-state index contributed by atoms with van der Waals surface area (Å²) in [6.45, 7) is 2.06. The van der Waals surface area contributed by atoms with Gasteiger partial charge < -0.3 is 15.2 Å². The van der Waals surface area contributed by atoms with Crippen molar-refractivity contribution in [2.24, 2.45) is 0 Å². The van der Waals surface area contributed by atoms with Crippen LogP contribution >= 0.6 is 11.3 Å². The van der Waals surface area contributed by atoms with Crippen LogP contribution in [0.2, 0.25) is 0 Å². The molecule has 4 heteroatoms. The van der Waals surface area contributed by atoms with E-state index in [0.29, 0.717) is 0 Å². The highest BCUT2D eigenvalue weighted by Crippen LogP contribution is 2.37. The Morgan fingerprint density at radius 1 is 1.06 bits per heavy atom. The van der Waals surface area contributed by atoms with Crippen molar-refractivity contribution < 1.29 is 9.47 Å². The summed E-state index contributed by atoms with van der Waals surface area (Å²) in [6.07, 6.45) is 0. The number of hydrogen-bond acceptors (Lipinski definition) is 4. The van der Waals surface area contributed by atoms with Crippen LogP contribution < -0.4 is 15.2 Å². The molecule has 1 aromatic carbocycles. The predicted octanol–water partition coefficient (Wildman–Crippen LogP) is 3.32. The zero-order chi connectivity index (χ0) is 12.4. The Bertz CT molecular complexity index is 534. The van der Waals surface area contributed by atoms with E-state index < -0.39 is 0 Å². The molecule has 0 saturated heterocycles. The van der Waals surface area contributed by atoms with E-state index in [-0.39, 0.29) is 0 Å². The summed E-state index contributed by atoms with van der Waals surface area (Å²) in [7, 11) is 3.27. The van der Waals surface area contributed by atoms with E-state index in [9.17, 15) is 0 Å². The fraction of sp³-hybridized carbons (Fsp3) is 0.231. The fourth-order valence-electron chi connectivity index (χ4n) is 1.80. The molecule has 1 aromatic heterocycles. The van der Waals surface area contributed by atoms with Gasteiger partial charge in [0.15, 0.2) is 11.5 Å². The first-order chi connectivity index (χ1) is 8.15. The molecule has 0 aliphatic rings. The zero-order valence-corrected chi connectivity index (χ0v) is 10.9. The third-order valence-corrected chi connectivity index (χ3v) is 3.51. The SMILES string of the molecule is COc1ccc(-c2cc(N)sc2C)cc1OC. The van der Waals surface area contributed by atoms with E-state index in [4.69, 9.17) is 15.2 Å². The van der Waals surface area contributed by atoms with Crippen LogP contribution in [0, 0.1) is 6.92 Å². The van der Waals surface area contributed by atoms with Crippen molar-refractivity contribution in [1.29, 1.82) is 0 Å². The topological polar surface area (TPSA) is 44.5 Å². The van der Waals surface area contributed by atoms with Gasteiger partial charge in [-0.2, -0.15) is 0 Å². The third kappa shape index (κ3) is 2.22. The summed E-state index contributed by atoms with van der Waals surface area (Å²) in [5.41, 5.74) is 8.04. The second-order valence-electron chi connectivity index (χ2n) is 3.69. The van der Waals surface area contributed by atoms with Crippen molar-refractivity contribution in [2.75, 3.05) is 20.0 Å². The van der Waals surface area contributed by atoms with Gasteiger partial charge in [-0.3, -0.25) is 0 Å². The minimum Gasteiger partial charge on any atom is -0.493 e. The molecule has 0 aliphatic heterocycles. The van der Waals surface area contributed by atoms with Gasteiger partial charge in [0, 0.05) is 4.88 Å². The number of hydrogen-bond donors (Lipinski definition) is 1. The third-order valence-electron chi connectivity index (χ3n) is 2.63. The maximum absolute atomic E-state index is 5.81. The van der Waals surface area contributed by atoms with Crippen LogP contribution in [0.3, 0.4) is 0 Å². The molecule has 2 rings (SSSR count). The van der Waals surface area contributed by atoms with E-state index in [1.165, 1.54) is 4.88 Å². The van der Waals surface area contributed by atoms with E-state index in [1.54, 1.807) is 25.6 Å². The molecule has 0 bridgehead atoms. The molecule has 0 unspecified atom stereocenters. The second-order valence-corrected chi connectivity index (χ2v) is 4.98. The second kappa shape index (κ2) is 4.67. The highest BCUT2D eigenvalue weighted by Gasteiger charge is 2.10. The molecule has 2 N–H and O–H groups in total. The van der Waals surface area contributed by atoms with Gasteiger partial charge in [0.2, 0.25) is 0 Å². The van der Waals surface area contributed by atoms with Crippen LogP contribution in [0.15, 0.2) is 24.3 Å². The van der Waals surface area contributed by atoms with Gasteiger partial charge in [0.05, 0.1) is 19.2 Å². The molecule has 0 amide bonds. The highest BCUT2D eigenvalue weighted by molar-refractivity contribution is 7.16. The maximum Gasteiger partial charge on any atom is 0.161 e. The molecule has 17 heavy (non-hydrogen) atoms. The molecule has 0 fully saturated rings.